The van der Waals surface area contributed by atoms with Crippen LogP contribution >= 0.6 is 0 Å². The van der Waals surface area contributed by atoms with Crippen LogP contribution in [0, 0.1) is 44.1 Å². The first-order chi connectivity index (χ1) is 14.5. The molecule has 0 aliphatic rings. The summed E-state index contributed by atoms with van der Waals surface area (Å²) in [6.45, 7) is 6.80. The van der Waals surface area contributed by atoms with E-state index in [9.17, 15) is 9.90 Å². The summed E-state index contributed by atoms with van der Waals surface area (Å²) in [6.07, 6.45) is 4.09. The molecule has 0 heterocycles. The van der Waals surface area contributed by atoms with Gasteiger partial charge in [-0.05, 0) is 36.0 Å². The number of carbonyl (C=O) groups is 1. The Morgan fingerprint density at radius 2 is 1.65 bits per heavy atom. The Hall–Kier alpha value is -0.728. The first-order valence-corrected chi connectivity index (χ1v) is 11.3. The number of nitrogens with zero attached hydrogens (tertiary/aromatic N) is 1. The van der Waals surface area contributed by atoms with E-state index in [0.717, 1.165) is 30.4 Å². The fourth-order valence-electron chi connectivity index (χ4n) is 3.48. The van der Waals surface area contributed by atoms with Gasteiger partial charge in [-0.2, -0.15) is 0 Å². The monoisotopic (exact) mass is 636 g/mol. The van der Waals surface area contributed by atoms with Gasteiger partial charge < -0.3 is 15.7 Å². The molecule has 31 heavy (non-hydrogen) atoms. The van der Waals surface area contributed by atoms with Crippen LogP contribution in [0.15, 0.2) is 54.6 Å². The van der Waals surface area contributed by atoms with Gasteiger partial charge in [0.1, 0.15) is 0 Å². The van der Waals surface area contributed by atoms with E-state index in [-0.39, 0.29) is 62.1 Å². The third-order valence-corrected chi connectivity index (χ3v) is 5.25. The quantitative estimate of drug-likeness (QED) is 0.286. The van der Waals surface area contributed by atoms with Crippen LogP contribution in [0.5, 0.6) is 0 Å². The Morgan fingerprint density at radius 3 is 2.26 bits per heavy atom. The zero-order valence-electron chi connectivity index (χ0n) is 19.3. The fourth-order valence-corrected chi connectivity index (χ4v) is 3.48. The Kier molecular flexibility index (Phi) is 14.6. The van der Waals surface area contributed by atoms with E-state index < -0.39 is 6.10 Å². The first-order valence-electron chi connectivity index (χ1n) is 11.3. The van der Waals surface area contributed by atoms with Gasteiger partial charge in [0.2, 0.25) is 5.91 Å². The molecule has 2 N–H and O–H groups in total. The fraction of sp³-hybridized carbons (Fsp3) is 0.500. The molecule has 0 aromatic heterocycles. The minimum Gasteiger partial charge on any atom is -0.660 e. The van der Waals surface area contributed by atoms with Gasteiger partial charge in [0, 0.05) is 50.5 Å². The second-order valence-electron chi connectivity index (χ2n) is 8.25. The molecule has 0 fully saturated rings. The second kappa shape index (κ2) is 16.0. The van der Waals surface area contributed by atoms with Crippen molar-refractivity contribution in [1.82, 2.24) is 5.32 Å². The van der Waals surface area contributed by atoms with Crippen molar-refractivity contribution >= 4 is 5.91 Å². The second-order valence-corrected chi connectivity index (χ2v) is 8.25. The van der Waals surface area contributed by atoms with Crippen molar-refractivity contribution in [2.24, 2.45) is 0 Å². The third kappa shape index (κ3) is 11.1. The molecule has 0 saturated carbocycles. The molecule has 2 unspecified atom stereocenters. The number of aliphatic hydroxyl groups excluding tert-OH is 1. The van der Waals surface area contributed by atoms with Crippen molar-refractivity contribution in [3.8, 4) is 11.1 Å². The maximum atomic E-state index is 12.4. The number of amides is 1. The van der Waals surface area contributed by atoms with Crippen LogP contribution in [-0.2, 0) is 11.2 Å². The number of carbonyl (C=O) groups excluding carboxylic acids is 1. The maximum absolute atomic E-state index is 12.4. The molecular formula is C26H37AcN2O2-. The van der Waals surface area contributed by atoms with Gasteiger partial charge in [0.15, 0.2) is 0 Å². The van der Waals surface area contributed by atoms with E-state index in [1.807, 2.05) is 32.0 Å². The largest absolute Gasteiger partial charge is 0.660 e. The number of aliphatic hydroxyl groups is 1. The summed E-state index contributed by atoms with van der Waals surface area (Å²) in [5, 5.41) is 18.3. The SMILES string of the molecule is CCCCCC(=O)NC(Cc1ccc(-c2ccccc2)cc1)C(O)CC[N-]C(C)C.[Ac]. The van der Waals surface area contributed by atoms with E-state index in [1.165, 1.54) is 5.56 Å². The van der Waals surface area contributed by atoms with Crippen LogP contribution in [0.2, 0.25) is 0 Å². The summed E-state index contributed by atoms with van der Waals surface area (Å²) in [4.78, 5) is 12.4. The van der Waals surface area contributed by atoms with Crippen LogP contribution in [0.4, 0.5) is 0 Å². The number of benzene rings is 2. The molecular weight excluding hydrogens is 599 g/mol. The first kappa shape index (κ1) is 28.3. The van der Waals surface area contributed by atoms with Crippen molar-refractivity contribution < 1.29 is 54.0 Å². The summed E-state index contributed by atoms with van der Waals surface area (Å²) >= 11 is 0. The molecule has 0 bridgehead atoms. The molecule has 5 heteroatoms. The average molecular weight is 637 g/mol. The number of nitrogens with one attached hydrogen (secondary N) is 1. The van der Waals surface area contributed by atoms with Crippen molar-refractivity contribution in [3.05, 3.63) is 65.5 Å². The molecule has 0 aliphatic heterocycles. The molecule has 0 saturated heterocycles. The van der Waals surface area contributed by atoms with Crippen LogP contribution < -0.4 is 5.32 Å². The van der Waals surface area contributed by atoms with Crippen LogP contribution in [0.25, 0.3) is 16.4 Å². The van der Waals surface area contributed by atoms with E-state index in [0.29, 0.717) is 25.8 Å². The Balaban J connectivity index is 0.00000480. The minimum atomic E-state index is -0.614. The van der Waals surface area contributed by atoms with Crippen molar-refractivity contribution in [3.63, 3.8) is 0 Å². The van der Waals surface area contributed by atoms with Crippen LogP contribution in [-0.4, -0.2) is 35.7 Å². The molecule has 2 aromatic rings. The van der Waals surface area contributed by atoms with Gasteiger partial charge in [-0.3, -0.25) is 4.79 Å². The summed E-state index contributed by atoms with van der Waals surface area (Å²) in [5.74, 6) is 0.0224. The zero-order valence-corrected chi connectivity index (χ0v) is 24.0. The van der Waals surface area contributed by atoms with Crippen molar-refractivity contribution in [1.29, 1.82) is 0 Å². The van der Waals surface area contributed by atoms with E-state index in [2.05, 4.69) is 54.0 Å². The predicted octanol–water partition coefficient (Wildman–Crippen LogP) is 5.49. The van der Waals surface area contributed by atoms with Crippen LogP contribution in [0.3, 0.4) is 0 Å². The summed E-state index contributed by atoms with van der Waals surface area (Å²) in [5.41, 5.74) is 3.45. The molecule has 1 radical (unpaired) electrons. The van der Waals surface area contributed by atoms with Gasteiger partial charge in [0.25, 0.3) is 0 Å². The van der Waals surface area contributed by atoms with Crippen LogP contribution in [0.1, 0.15) is 58.4 Å². The molecule has 0 aliphatic carbocycles. The Labute approximate surface area is 224 Å². The topological polar surface area (TPSA) is 63.4 Å². The van der Waals surface area contributed by atoms with Gasteiger partial charge in [-0.15, -0.1) is 12.6 Å². The average Bonchev–Trinajstić information content (AvgIpc) is 2.74. The maximum Gasteiger partial charge on any atom is 0.220 e. The minimum absolute atomic E-state index is 0. The zero-order chi connectivity index (χ0) is 21.8. The molecule has 2 aromatic carbocycles. The summed E-state index contributed by atoms with van der Waals surface area (Å²) < 4.78 is 0. The molecule has 4 nitrogen and oxygen atoms in total. The standard InChI is InChI=1S/C26H37N2O2.Ac/c1-4-5-7-12-26(30)28-24(25(29)17-18-27-20(2)3)19-21-13-15-23(16-14-21)22-10-8-6-9-11-22;/h6,8-11,13-16,20,24-25,29H,4-5,7,12,17-19H2,1-3H3,(H,28,30);/q-1;. The van der Waals surface area contributed by atoms with Gasteiger partial charge >= 0.3 is 0 Å². The Morgan fingerprint density at radius 1 is 1.00 bits per heavy atom. The molecule has 0 spiro atoms. The molecule has 167 valence electrons. The van der Waals surface area contributed by atoms with E-state index in [1.54, 1.807) is 0 Å². The molecule has 2 atom stereocenters. The third-order valence-electron chi connectivity index (χ3n) is 5.25. The van der Waals surface area contributed by atoms with Gasteiger partial charge in [0.05, 0.1) is 12.1 Å². The number of hydrogen-bond acceptors (Lipinski definition) is 2. The summed E-state index contributed by atoms with van der Waals surface area (Å²) in [7, 11) is 0. The van der Waals surface area contributed by atoms with E-state index in [4.69, 9.17) is 0 Å². The van der Waals surface area contributed by atoms with E-state index >= 15 is 0 Å². The van der Waals surface area contributed by atoms with Crippen molar-refractivity contribution in [2.75, 3.05) is 6.54 Å². The number of rotatable bonds is 13. The number of unbranched alkanes of at least 4 members (excludes halogenated alkanes) is 2. The summed E-state index contributed by atoms with van der Waals surface area (Å²) in [6, 6.07) is 18.6. The molecule has 2 rings (SSSR count). The molecule has 1 amide bonds. The smallest absolute Gasteiger partial charge is 0.220 e. The Bertz CT molecular complexity index is 735. The van der Waals surface area contributed by atoms with Crippen molar-refractivity contribution in [2.45, 2.75) is 77.5 Å². The van der Waals surface area contributed by atoms with Gasteiger partial charge in [-0.25, -0.2) is 0 Å². The number of hydrogen-bond donors (Lipinski definition) is 2. The van der Waals surface area contributed by atoms with Gasteiger partial charge in [-0.1, -0.05) is 88.2 Å². The predicted molar refractivity (Wildman–Crippen MR) is 126 cm³/mol. The normalized spacial score (nSPS) is 12.8.